The molecule has 0 unspecified atom stereocenters. The van der Waals surface area contributed by atoms with E-state index in [1.807, 2.05) is 6.07 Å². The molecule has 0 bridgehead atoms. The molecule has 6 nitrogen and oxygen atoms in total. The third kappa shape index (κ3) is 2.85. The quantitative estimate of drug-likeness (QED) is 0.751. The number of aliphatic hydroxyl groups excluding tert-OH is 1. The van der Waals surface area contributed by atoms with Crippen molar-refractivity contribution >= 4 is 16.9 Å². The molecule has 3 aliphatic rings. The van der Waals surface area contributed by atoms with E-state index >= 15 is 8.78 Å². The first-order valence-corrected chi connectivity index (χ1v) is 10.0. The number of carbonyl (C=O) groups is 1. The number of aryl methyl sites for hydroxylation is 1. The fourth-order valence-electron chi connectivity index (χ4n) is 4.50. The summed E-state index contributed by atoms with van der Waals surface area (Å²) < 4.78 is 30.6. The van der Waals surface area contributed by atoms with Crippen LogP contribution in [-0.4, -0.2) is 51.3 Å². The summed E-state index contributed by atoms with van der Waals surface area (Å²) in [6, 6.07) is 2.05. The van der Waals surface area contributed by atoms with Crippen LogP contribution in [-0.2, 0) is 12.8 Å². The molecular weight excluding hydrogens is 366 g/mol. The predicted octanol–water partition coefficient (Wildman–Crippen LogP) is 2.91. The average molecular weight is 390 g/mol. The number of amides is 2. The van der Waals surface area contributed by atoms with Gasteiger partial charge in [-0.3, -0.25) is 5.10 Å². The number of nitrogens with one attached hydrogen (secondary N) is 2. The van der Waals surface area contributed by atoms with Crippen LogP contribution in [0.5, 0.6) is 0 Å². The number of piperidine rings is 1. The Balaban J connectivity index is 1.34. The summed E-state index contributed by atoms with van der Waals surface area (Å²) in [7, 11) is 0. The van der Waals surface area contributed by atoms with Gasteiger partial charge in [0, 0.05) is 36.0 Å². The molecule has 28 heavy (non-hydrogen) atoms. The number of halogens is 2. The van der Waals surface area contributed by atoms with E-state index in [0.717, 1.165) is 35.8 Å². The van der Waals surface area contributed by atoms with Crippen molar-refractivity contribution in [1.82, 2.24) is 20.4 Å². The zero-order valence-corrected chi connectivity index (χ0v) is 15.5. The highest BCUT2D eigenvalue weighted by Gasteiger charge is 2.50. The van der Waals surface area contributed by atoms with Crippen molar-refractivity contribution in [3.63, 3.8) is 0 Å². The van der Waals surface area contributed by atoms with Crippen molar-refractivity contribution in [3.8, 4) is 0 Å². The van der Waals surface area contributed by atoms with Crippen LogP contribution in [0.4, 0.5) is 13.6 Å². The van der Waals surface area contributed by atoms with E-state index in [2.05, 4.69) is 15.5 Å². The lowest BCUT2D eigenvalue weighted by atomic mass is 9.77. The Bertz CT molecular complexity index is 916. The molecule has 1 atom stereocenters. The Hall–Kier alpha value is -2.22. The first-order chi connectivity index (χ1) is 13.4. The highest BCUT2D eigenvalue weighted by Crippen LogP contribution is 2.47. The Kier molecular flexibility index (Phi) is 4.08. The highest BCUT2D eigenvalue weighted by molar-refractivity contribution is 5.85. The number of rotatable bonds is 4. The maximum Gasteiger partial charge on any atom is 0.317 e. The van der Waals surface area contributed by atoms with E-state index in [1.54, 1.807) is 11.1 Å². The molecule has 1 aromatic heterocycles. The molecule has 2 fully saturated rings. The van der Waals surface area contributed by atoms with Crippen molar-refractivity contribution in [2.24, 2.45) is 5.92 Å². The fourth-order valence-corrected chi connectivity index (χ4v) is 4.50. The molecule has 2 aliphatic carbocycles. The number of likely N-dealkylation sites (tertiary alicyclic amines) is 1. The molecule has 0 radical (unpaired) electrons. The van der Waals surface area contributed by atoms with Gasteiger partial charge in [0.25, 0.3) is 5.92 Å². The number of H-pyrrole nitrogens is 1. The smallest absolute Gasteiger partial charge is 0.317 e. The minimum atomic E-state index is -3.26. The number of aliphatic hydroxyl groups is 1. The summed E-state index contributed by atoms with van der Waals surface area (Å²) in [6.07, 6.45) is 3.64. The maximum absolute atomic E-state index is 15.3. The number of fused-ring (bicyclic) bond motifs is 2. The van der Waals surface area contributed by atoms with Gasteiger partial charge in [-0.1, -0.05) is 0 Å². The molecule has 1 saturated carbocycles. The predicted molar refractivity (Wildman–Crippen MR) is 99.3 cm³/mol. The van der Waals surface area contributed by atoms with Crippen molar-refractivity contribution in [3.05, 3.63) is 29.0 Å². The number of aromatic amines is 1. The Morgan fingerprint density at radius 2 is 2.04 bits per heavy atom. The normalized spacial score (nSPS) is 21.3. The van der Waals surface area contributed by atoms with Gasteiger partial charge in [0.1, 0.15) is 6.10 Å². The second-order valence-electron chi connectivity index (χ2n) is 8.32. The number of benzene rings is 1. The van der Waals surface area contributed by atoms with Crippen LogP contribution in [0.3, 0.4) is 0 Å². The van der Waals surface area contributed by atoms with E-state index in [-0.39, 0.29) is 38.0 Å². The Morgan fingerprint density at radius 1 is 1.29 bits per heavy atom. The van der Waals surface area contributed by atoms with Gasteiger partial charge in [-0.05, 0) is 55.7 Å². The van der Waals surface area contributed by atoms with Gasteiger partial charge in [-0.2, -0.15) is 5.10 Å². The largest absolute Gasteiger partial charge is 0.382 e. The summed E-state index contributed by atoms with van der Waals surface area (Å²) in [4.78, 5) is 13.7. The lowest BCUT2D eigenvalue weighted by Gasteiger charge is -2.38. The third-order valence-corrected chi connectivity index (χ3v) is 6.49. The molecule has 3 N–H and O–H groups in total. The van der Waals surface area contributed by atoms with E-state index in [0.29, 0.717) is 17.5 Å². The zero-order chi connectivity index (χ0) is 19.5. The maximum atomic E-state index is 15.3. The van der Waals surface area contributed by atoms with Gasteiger partial charge in [0.2, 0.25) is 0 Å². The lowest BCUT2D eigenvalue weighted by Crippen LogP contribution is -2.49. The van der Waals surface area contributed by atoms with Crippen LogP contribution in [0.2, 0.25) is 0 Å². The summed E-state index contributed by atoms with van der Waals surface area (Å²) in [5, 5.41) is 21.2. The molecule has 5 rings (SSSR count). The number of aromatic nitrogens is 2. The lowest BCUT2D eigenvalue weighted by molar-refractivity contribution is -0.159. The fraction of sp³-hybridized carbons (Fsp3) is 0.600. The number of hydrogen-bond donors (Lipinski definition) is 3. The summed E-state index contributed by atoms with van der Waals surface area (Å²) in [5.74, 6) is -4.22. The van der Waals surface area contributed by atoms with Crippen molar-refractivity contribution in [2.75, 3.05) is 13.1 Å². The number of nitrogens with zero attached hydrogens (tertiary/aromatic N) is 2. The van der Waals surface area contributed by atoms with Crippen LogP contribution in [0.1, 0.15) is 48.5 Å². The topological polar surface area (TPSA) is 81.2 Å². The molecule has 150 valence electrons. The Morgan fingerprint density at radius 3 is 2.68 bits per heavy atom. The molecule has 8 heteroatoms. The number of urea groups is 1. The first kappa shape index (κ1) is 17.8. The minimum absolute atomic E-state index is 0.159. The number of alkyl halides is 2. The molecule has 0 spiro atoms. The van der Waals surface area contributed by atoms with Gasteiger partial charge in [0.05, 0.1) is 11.7 Å². The molecule has 2 aromatic rings. The van der Waals surface area contributed by atoms with Crippen molar-refractivity contribution < 1.29 is 18.7 Å². The van der Waals surface area contributed by atoms with Gasteiger partial charge in [-0.25, -0.2) is 13.6 Å². The first-order valence-electron chi connectivity index (χ1n) is 10.0. The average Bonchev–Trinajstić information content (AvgIpc) is 3.36. The number of carbonyl (C=O) groups excluding carboxylic acids is 1. The molecule has 1 aliphatic heterocycles. The van der Waals surface area contributed by atoms with Gasteiger partial charge in [0.15, 0.2) is 0 Å². The van der Waals surface area contributed by atoms with Gasteiger partial charge in [-0.15, -0.1) is 0 Å². The van der Waals surface area contributed by atoms with E-state index in [9.17, 15) is 9.90 Å². The van der Waals surface area contributed by atoms with E-state index < -0.39 is 17.9 Å². The van der Waals surface area contributed by atoms with Crippen LogP contribution < -0.4 is 5.32 Å². The minimum Gasteiger partial charge on any atom is -0.382 e. The van der Waals surface area contributed by atoms with Crippen LogP contribution >= 0.6 is 0 Å². The van der Waals surface area contributed by atoms with Crippen molar-refractivity contribution in [1.29, 1.82) is 0 Å². The highest BCUT2D eigenvalue weighted by atomic mass is 19.3. The summed E-state index contributed by atoms with van der Waals surface area (Å²) in [6.45, 7) is 0.579. The molecule has 1 saturated heterocycles. The van der Waals surface area contributed by atoms with Crippen LogP contribution in [0.15, 0.2) is 12.3 Å². The monoisotopic (exact) mass is 390 g/mol. The third-order valence-electron chi connectivity index (χ3n) is 6.49. The Labute approximate surface area is 161 Å². The molecule has 2 amide bonds. The van der Waals surface area contributed by atoms with Crippen LogP contribution in [0, 0.1) is 5.92 Å². The second kappa shape index (κ2) is 6.40. The van der Waals surface area contributed by atoms with Crippen LogP contribution in [0.25, 0.3) is 10.9 Å². The van der Waals surface area contributed by atoms with Gasteiger partial charge >= 0.3 is 6.03 Å². The van der Waals surface area contributed by atoms with E-state index in [4.69, 9.17) is 0 Å². The molecule has 1 aromatic carbocycles. The SMILES string of the molecule is O=C(NC1CC1)N1CCC(C(F)(F)[C@H](O)c2c3c(cc4cn[nH]c24)CC3)CC1. The molecular formula is C20H24F2N4O2. The zero-order valence-electron chi connectivity index (χ0n) is 15.5. The second-order valence-corrected chi connectivity index (χ2v) is 8.32. The standard InChI is InChI=1S/C20H24F2N4O2/c21-20(22,13-5-7-26(8-6-13)19(28)24-14-2-3-14)18(27)16-15-4-1-11(15)9-12-10-23-25-17(12)16/h9-10,13-14,18,27H,1-8H2,(H,23,25)(H,24,28)/t18-/m1/s1. The summed E-state index contributed by atoms with van der Waals surface area (Å²) in [5.41, 5.74) is 2.65. The van der Waals surface area contributed by atoms with E-state index in [1.165, 1.54) is 0 Å². The van der Waals surface area contributed by atoms with Gasteiger partial charge < -0.3 is 15.3 Å². The molecule has 2 heterocycles. The summed E-state index contributed by atoms with van der Waals surface area (Å²) >= 11 is 0. The van der Waals surface area contributed by atoms with Crippen molar-refractivity contribution in [2.45, 2.75) is 56.6 Å². The number of hydrogen-bond acceptors (Lipinski definition) is 3.